The van der Waals surface area contributed by atoms with Gasteiger partial charge in [0.25, 0.3) is 0 Å². The van der Waals surface area contributed by atoms with Crippen molar-refractivity contribution in [3.8, 4) is 0 Å². The van der Waals surface area contributed by atoms with E-state index in [1.165, 1.54) is 12.3 Å². The first-order valence-electron chi connectivity index (χ1n) is 6.05. The van der Waals surface area contributed by atoms with E-state index in [1.807, 2.05) is 0 Å². The topological polar surface area (TPSA) is 110 Å². The molecule has 0 unspecified atom stereocenters. The molecule has 0 aliphatic heterocycles. The van der Waals surface area contributed by atoms with Gasteiger partial charge in [0, 0.05) is 18.2 Å². The standard InChI is InChI=1S/C12H12ClN5O3/c1-3-7(19)10-11(13)16-9(5-14-10)15-8-4-6(2)18(17-8)12(20)21/h4-5H,3H2,1-2H3,(H,20,21)(H,15,16,17). The second kappa shape index (κ2) is 5.88. The number of aryl methyl sites for hydroxylation is 1. The highest BCUT2D eigenvalue weighted by Crippen LogP contribution is 2.18. The van der Waals surface area contributed by atoms with E-state index in [2.05, 4.69) is 20.4 Å². The molecule has 0 saturated heterocycles. The summed E-state index contributed by atoms with van der Waals surface area (Å²) < 4.78 is 0.826. The van der Waals surface area contributed by atoms with E-state index in [0.717, 1.165) is 4.68 Å². The summed E-state index contributed by atoms with van der Waals surface area (Å²) >= 11 is 5.90. The van der Waals surface area contributed by atoms with E-state index in [1.54, 1.807) is 13.8 Å². The van der Waals surface area contributed by atoms with E-state index in [4.69, 9.17) is 16.7 Å². The molecule has 110 valence electrons. The van der Waals surface area contributed by atoms with Crippen LogP contribution in [0.4, 0.5) is 16.4 Å². The van der Waals surface area contributed by atoms with E-state index in [0.29, 0.717) is 5.69 Å². The van der Waals surface area contributed by atoms with Crippen LogP contribution in [0.3, 0.4) is 0 Å². The minimum atomic E-state index is -1.19. The molecule has 0 atom stereocenters. The number of anilines is 2. The summed E-state index contributed by atoms with van der Waals surface area (Å²) in [6.07, 6.45) is 0.432. The maximum Gasteiger partial charge on any atom is 0.432 e. The predicted molar refractivity (Wildman–Crippen MR) is 75.3 cm³/mol. The monoisotopic (exact) mass is 309 g/mol. The van der Waals surface area contributed by atoms with Gasteiger partial charge in [0.2, 0.25) is 0 Å². The first-order valence-corrected chi connectivity index (χ1v) is 6.43. The van der Waals surface area contributed by atoms with Crippen LogP contribution < -0.4 is 5.32 Å². The quantitative estimate of drug-likeness (QED) is 0.835. The van der Waals surface area contributed by atoms with E-state index >= 15 is 0 Å². The number of hydrogen-bond acceptors (Lipinski definition) is 6. The Hall–Kier alpha value is -2.48. The molecule has 0 saturated carbocycles. The van der Waals surface area contributed by atoms with Gasteiger partial charge >= 0.3 is 6.09 Å². The van der Waals surface area contributed by atoms with Gasteiger partial charge in [-0.3, -0.25) is 4.79 Å². The molecule has 0 aromatic carbocycles. The van der Waals surface area contributed by atoms with E-state index < -0.39 is 6.09 Å². The number of carbonyl (C=O) groups excluding carboxylic acids is 1. The fraction of sp³-hybridized carbons (Fsp3) is 0.250. The van der Waals surface area contributed by atoms with Gasteiger partial charge in [-0.2, -0.15) is 4.68 Å². The summed E-state index contributed by atoms with van der Waals surface area (Å²) in [5.41, 5.74) is 0.554. The Morgan fingerprint density at radius 3 is 2.67 bits per heavy atom. The lowest BCUT2D eigenvalue weighted by atomic mass is 10.2. The minimum absolute atomic E-state index is 0.0127. The summed E-state index contributed by atoms with van der Waals surface area (Å²) in [7, 11) is 0. The third-order valence-corrected chi connectivity index (χ3v) is 2.90. The Bertz CT molecular complexity index is 713. The lowest BCUT2D eigenvalue weighted by Crippen LogP contribution is -2.11. The van der Waals surface area contributed by atoms with Crippen LogP contribution in [0.1, 0.15) is 29.5 Å². The molecule has 0 radical (unpaired) electrons. The van der Waals surface area contributed by atoms with Gasteiger partial charge in [0.1, 0.15) is 5.69 Å². The molecule has 2 N–H and O–H groups in total. The van der Waals surface area contributed by atoms with Crippen LogP contribution in [0, 0.1) is 6.92 Å². The third-order valence-electron chi connectivity index (χ3n) is 2.64. The lowest BCUT2D eigenvalue weighted by molar-refractivity contribution is 0.0983. The van der Waals surface area contributed by atoms with E-state index in [-0.39, 0.29) is 34.7 Å². The summed E-state index contributed by atoms with van der Waals surface area (Å²) in [5.74, 6) is 0.350. The highest BCUT2D eigenvalue weighted by atomic mass is 35.5. The van der Waals surface area contributed by atoms with Gasteiger partial charge in [0.05, 0.1) is 6.20 Å². The normalized spacial score (nSPS) is 10.4. The van der Waals surface area contributed by atoms with Gasteiger partial charge in [-0.15, -0.1) is 5.10 Å². The fourth-order valence-electron chi connectivity index (χ4n) is 1.64. The van der Waals surface area contributed by atoms with Crippen molar-refractivity contribution in [2.45, 2.75) is 20.3 Å². The minimum Gasteiger partial charge on any atom is -0.463 e. The first kappa shape index (κ1) is 14.9. The predicted octanol–water partition coefficient (Wildman–Crippen LogP) is 2.50. The molecular formula is C12H12ClN5O3. The number of aromatic nitrogens is 4. The molecular weight excluding hydrogens is 298 g/mol. The SMILES string of the molecule is CCC(=O)c1ncc(Nc2cc(C)n(C(=O)O)n2)nc1Cl. The molecule has 2 aromatic rings. The highest BCUT2D eigenvalue weighted by Gasteiger charge is 2.14. The molecule has 0 fully saturated rings. The molecule has 8 nitrogen and oxygen atoms in total. The Balaban J connectivity index is 2.24. The van der Waals surface area contributed by atoms with Crippen molar-refractivity contribution in [1.29, 1.82) is 0 Å². The number of hydrogen-bond donors (Lipinski definition) is 2. The molecule has 9 heteroatoms. The molecule has 2 rings (SSSR count). The Kier molecular flexibility index (Phi) is 4.18. The van der Waals surface area contributed by atoms with Crippen LogP contribution in [-0.4, -0.2) is 36.7 Å². The maximum absolute atomic E-state index is 11.5. The molecule has 2 heterocycles. The molecule has 2 aromatic heterocycles. The first-order chi connectivity index (χ1) is 9.92. The summed E-state index contributed by atoms with van der Waals surface area (Å²) in [5, 5.41) is 15.5. The van der Waals surface area contributed by atoms with Gasteiger partial charge in [-0.05, 0) is 6.92 Å². The Morgan fingerprint density at radius 1 is 1.43 bits per heavy atom. The second-order valence-electron chi connectivity index (χ2n) is 4.16. The third kappa shape index (κ3) is 3.16. The largest absolute Gasteiger partial charge is 0.463 e. The van der Waals surface area contributed by atoms with Crippen molar-refractivity contribution in [2.24, 2.45) is 0 Å². The number of carbonyl (C=O) groups is 2. The van der Waals surface area contributed by atoms with Crippen molar-refractivity contribution < 1.29 is 14.7 Å². The molecule has 0 bridgehead atoms. The van der Waals surface area contributed by atoms with Crippen molar-refractivity contribution >= 4 is 35.1 Å². The van der Waals surface area contributed by atoms with Gasteiger partial charge in [-0.1, -0.05) is 18.5 Å². The zero-order valence-corrected chi connectivity index (χ0v) is 12.0. The molecule has 0 aliphatic carbocycles. The van der Waals surface area contributed by atoms with Crippen molar-refractivity contribution in [1.82, 2.24) is 19.7 Å². The van der Waals surface area contributed by atoms with Gasteiger partial charge in [0.15, 0.2) is 22.6 Å². The summed E-state index contributed by atoms with van der Waals surface area (Å²) in [6.45, 7) is 3.31. The molecule has 0 aliphatic rings. The lowest BCUT2D eigenvalue weighted by Gasteiger charge is -2.04. The summed E-state index contributed by atoms with van der Waals surface area (Å²) in [4.78, 5) is 30.4. The number of halogens is 1. The zero-order valence-electron chi connectivity index (χ0n) is 11.3. The van der Waals surface area contributed by atoms with Crippen molar-refractivity contribution in [3.63, 3.8) is 0 Å². The average molecular weight is 310 g/mol. The molecule has 21 heavy (non-hydrogen) atoms. The van der Waals surface area contributed by atoms with Crippen LogP contribution >= 0.6 is 11.6 Å². The summed E-state index contributed by atoms with van der Waals surface area (Å²) in [6, 6.07) is 1.54. The van der Waals surface area contributed by atoms with Crippen LogP contribution in [0.15, 0.2) is 12.3 Å². The fourth-order valence-corrected chi connectivity index (χ4v) is 1.89. The van der Waals surface area contributed by atoms with Crippen LogP contribution in [0.25, 0.3) is 0 Å². The Labute approximate surface area is 124 Å². The molecule has 0 amide bonds. The number of carboxylic acid groups (broad SMARTS) is 1. The zero-order chi connectivity index (χ0) is 15.6. The smallest absolute Gasteiger partial charge is 0.432 e. The van der Waals surface area contributed by atoms with Gasteiger partial charge in [-0.25, -0.2) is 14.8 Å². The molecule has 0 spiro atoms. The van der Waals surface area contributed by atoms with E-state index in [9.17, 15) is 9.59 Å². The number of nitrogens with zero attached hydrogens (tertiary/aromatic N) is 4. The highest BCUT2D eigenvalue weighted by molar-refractivity contribution is 6.32. The van der Waals surface area contributed by atoms with Gasteiger partial charge < -0.3 is 10.4 Å². The number of Topliss-reactive ketones (excluding diaryl/α,β-unsaturated/α-hetero) is 1. The van der Waals surface area contributed by atoms with Crippen molar-refractivity contribution in [3.05, 3.63) is 28.8 Å². The van der Waals surface area contributed by atoms with Crippen LogP contribution in [-0.2, 0) is 0 Å². The Morgan fingerprint density at radius 2 is 2.14 bits per heavy atom. The average Bonchev–Trinajstić information content (AvgIpc) is 2.79. The van der Waals surface area contributed by atoms with Crippen LogP contribution in [0.5, 0.6) is 0 Å². The van der Waals surface area contributed by atoms with Crippen LogP contribution in [0.2, 0.25) is 5.15 Å². The number of rotatable bonds is 4. The van der Waals surface area contributed by atoms with Crippen molar-refractivity contribution in [2.75, 3.05) is 5.32 Å². The maximum atomic E-state index is 11.5. The number of nitrogens with one attached hydrogen (secondary N) is 1. The second-order valence-corrected chi connectivity index (χ2v) is 4.52. The number of ketones is 1.